The van der Waals surface area contributed by atoms with Gasteiger partial charge in [0, 0.05) is 0 Å². The maximum Gasteiger partial charge on any atom is 0.344 e. The number of hydrogen-bond acceptors (Lipinski definition) is 5. The molecule has 3 rings (SSSR count). The fourth-order valence-corrected chi connectivity index (χ4v) is 5.61. The van der Waals surface area contributed by atoms with Crippen LogP contribution >= 0.6 is 0 Å². The molecule has 0 bridgehead atoms. The van der Waals surface area contributed by atoms with Gasteiger partial charge in [0.2, 0.25) is 0 Å². The van der Waals surface area contributed by atoms with Gasteiger partial charge in [-0.05, 0) is 86.3 Å². The Morgan fingerprint density at radius 1 is 1.15 bits per heavy atom. The van der Waals surface area contributed by atoms with E-state index < -0.39 is 0 Å². The number of carbonyl (C=O) groups excluding carboxylic acids is 1. The van der Waals surface area contributed by atoms with Crippen molar-refractivity contribution in [2.24, 2.45) is 23.7 Å². The summed E-state index contributed by atoms with van der Waals surface area (Å²) >= 11 is 0. The van der Waals surface area contributed by atoms with Gasteiger partial charge in [-0.3, -0.25) is 0 Å². The Morgan fingerprint density at radius 3 is 2.67 bits per heavy atom. The first kappa shape index (κ1) is 26.0. The summed E-state index contributed by atoms with van der Waals surface area (Å²) in [5.41, 5.74) is 2.44. The second-order valence-electron chi connectivity index (χ2n) is 10.6. The zero-order valence-corrected chi connectivity index (χ0v) is 21.0. The number of ether oxygens (including phenoxy) is 2. The van der Waals surface area contributed by atoms with Crippen LogP contribution in [0.4, 0.5) is 0 Å². The second-order valence-corrected chi connectivity index (χ2v) is 10.6. The van der Waals surface area contributed by atoms with Crippen LogP contribution in [0, 0.1) is 23.7 Å². The maximum absolute atomic E-state index is 12.2. The van der Waals surface area contributed by atoms with Gasteiger partial charge in [-0.25, -0.2) is 4.79 Å². The van der Waals surface area contributed by atoms with Crippen molar-refractivity contribution < 1.29 is 24.5 Å². The van der Waals surface area contributed by atoms with Gasteiger partial charge in [0.25, 0.3) is 0 Å². The van der Waals surface area contributed by atoms with E-state index in [2.05, 4.69) is 13.0 Å². The molecule has 2 aliphatic rings. The Balaban J connectivity index is 1.58. The van der Waals surface area contributed by atoms with Crippen LogP contribution in [0.15, 0.2) is 18.2 Å². The maximum atomic E-state index is 12.2. The predicted molar refractivity (Wildman–Crippen MR) is 130 cm³/mol. The molecule has 6 atom stereocenters. The minimum Gasteiger partial charge on any atom is -0.482 e. The first-order chi connectivity index (χ1) is 15.8. The molecule has 0 aromatic heterocycles. The lowest BCUT2D eigenvalue weighted by atomic mass is 9.73. The molecule has 33 heavy (non-hydrogen) atoms. The quantitative estimate of drug-likeness (QED) is 0.336. The summed E-state index contributed by atoms with van der Waals surface area (Å²) in [5, 5.41) is 21.2. The average Bonchev–Trinajstić information content (AvgIpc) is 3.08. The first-order valence-electron chi connectivity index (χ1n) is 13.1. The average molecular weight is 461 g/mol. The number of unbranched alkanes of at least 4 members (excludes halogenated alkanes) is 2. The number of esters is 1. The molecule has 0 amide bonds. The molecule has 1 saturated carbocycles. The molecule has 2 aliphatic carbocycles. The van der Waals surface area contributed by atoms with E-state index in [0.29, 0.717) is 11.8 Å². The molecule has 5 heteroatoms. The van der Waals surface area contributed by atoms with E-state index in [4.69, 9.17) is 9.47 Å². The molecule has 0 heterocycles. The third kappa shape index (κ3) is 6.95. The monoisotopic (exact) mass is 460 g/mol. The zero-order chi connectivity index (χ0) is 24.0. The highest BCUT2D eigenvalue weighted by Gasteiger charge is 2.44. The smallest absolute Gasteiger partial charge is 0.344 e. The fourth-order valence-electron chi connectivity index (χ4n) is 5.61. The summed E-state index contributed by atoms with van der Waals surface area (Å²) in [6, 6.07) is 6.08. The number of aliphatic hydroxyl groups excluding tert-OH is 2. The van der Waals surface area contributed by atoms with E-state index in [9.17, 15) is 15.0 Å². The molecule has 5 nitrogen and oxygen atoms in total. The van der Waals surface area contributed by atoms with Crippen LogP contribution in [0.25, 0.3) is 0 Å². The summed E-state index contributed by atoms with van der Waals surface area (Å²) in [6.45, 7) is 8.05. The fraction of sp³-hybridized carbons (Fsp3) is 0.750. The highest BCUT2D eigenvalue weighted by atomic mass is 16.6. The lowest BCUT2D eigenvalue weighted by Crippen LogP contribution is -2.28. The molecule has 2 N–H and O–H groups in total. The van der Waals surface area contributed by atoms with Gasteiger partial charge in [0.1, 0.15) is 11.9 Å². The number of aliphatic hydroxyl groups is 2. The minimum absolute atomic E-state index is 0.0806. The normalized spacial score (nSPS) is 25.9. The molecule has 1 aromatic rings. The molecule has 1 unspecified atom stereocenters. The Hall–Kier alpha value is -1.59. The van der Waals surface area contributed by atoms with Gasteiger partial charge in [0.05, 0.1) is 12.2 Å². The van der Waals surface area contributed by atoms with Gasteiger partial charge in [-0.2, -0.15) is 0 Å². The molecule has 0 spiro atoms. The molecular weight excluding hydrogens is 416 g/mol. The van der Waals surface area contributed by atoms with Crippen molar-refractivity contribution in [1.82, 2.24) is 0 Å². The van der Waals surface area contributed by atoms with Crippen molar-refractivity contribution in [2.75, 3.05) is 6.61 Å². The summed E-state index contributed by atoms with van der Waals surface area (Å²) in [7, 11) is 0. The molecular formula is C28H44O5. The highest BCUT2D eigenvalue weighted by Crippen LogP contribution is 2.48. The van der Waals surface area contributed by atoms with E-state index in [1.165, 1.54) is 24.0 Å². The largest absolute Gasteiger partial charge is 0.482 e. The predicted octanol–water partition coefficient (Wildman–Crippen LogP) is 5.09. The molecule has 1 aromatic carbocycles. The summed E-state index contributed by atoms with van der Waals surface area (Å²) in [5.74, 6) is 1.83. The third-order valence-electron chi connectivity index (χ3n) is 7.92. The van der Waals surface area contributed by atoms with Crippen LogP contribution in [-0.4, -0.2) is 41.1 Å². The molecule has 0 saturated heterocycles. The SMILES string of the molecule is CCCCC[C@H](O)CC[C@@H]1[C@H]2Cc3cccc(OCC(=O)OC(C)C(C)C)c3C[C@H]2C[C@H]1O. The lowest BCUT2D eigenvalue weighted by molar-refractivity contribution is -0.152. The minimum atomic E-state index is -0.337. The molecule has 1 fully saturated rings. The van der Waals surface area contributed by atoms with Crippen molar-refractivity contribution in [2.45, 2.75) is 104 Å². The van der Waals surface area contributed by atoms with Crippen LogP contribution in [0.1, 0.15) is 83.8 Å². The Kier molecular flexibility index (Phi) is 9.63. The number of benzene rings is 1. The topological polar surface area (TPSA) is 76.0 Å². The number of carbonyl (C=O) groups is 1. The van der Waals surface area contributed by atoms with E-state index in [1.807, 2.05) is 32.9 Å². The van der Waals surface area contributed by atoms with Crippen molar-refractivity contribution in [3.05, 3.63) is 29.3 Å². The van der Waals surface area contributed by atoms with Crippen molar-refractivity contribution in [3.63, 3.8) is 0 Å². The first-order valence-corrected chi connectivity index (χ1v) is 13.1. The Labute approximate surface area is 199 Å². The molecule has 0 aliphatic heterocycles. The third-order valence-corrected chi connectivity index (χ3v) is 7.92. The van der Waals surface area contributed by atoms with Crippen molar-refractivity contribution in [3.8, 4) is 5.75 Å². The van der Waals surface area contributed by atoms with E-state index >= 15 is 0 Å². The van der Waals surface area contributed by atoms with E-state index in [0.717, 1.165) is 50.7 Å². The lowest BCUT2D eigenvalue weighted by Gasteiger charge is -2.32. The van der Waals surface area contributed by atoms with Crippen LogP contribution < -0.4 is 4.74 Å². The van der Waals surface area contributed by atoms with E-state index in [1.54, 1.807) is 0 Å². The molecule has 0 radical (unpaired) electrons. The van der Waals surface area contributed by atoms with Crippen LogP contribution in [0.5, 0.6) is 5.75 Å². The molecule has 186 valence electrons. The Morgan fingerprint density at radius 2 is 1.94 bits per heavy atom. The van der Waals surface area contributed by atoms with Gasteiger partial charge >= 0.3 is 5.97 Å². The summed E-state index contributed by atoms with van der Waals surface area (Å²) in [6.07, 6.45) is 7.89. The number of fused-ring (bicyclic) bond motifs is 2. The zero-order valence-electron chi connectivity index (χ0n) is 21.0. The van der Waals surface area contributed by atoms with Crippen molar-refractivity contribution >= 4 is 5.97 Å². The van der Waals surface area contributed by atoms with Crippen LogP contribution in [0.2, 0.25) is 0 Å². The van der Waals surface area contributed by atoms with E-state index in [-0.39, 0.29) is 42.7 Å². The van der Waals surface area contributed by atoms with Gasteiger partial charge in [0.15, 0.2) is 6.61 Å². The van der Waals surface area contributed by atoms with Gasteiger partial charge < -0.3 is 19.7 Å². The summed E-state index contributed by atoms with van der Waals surface area (Å²) < 4.78 is 11.3. The number of hydrogen-bond donors (Lipinski definition) is 2. The van der Waals surface area contributed by atoms with Gasteiger partial charge in [-0.15, -0.1) is 0 Å². The van der Waals surface area contributed by atoms with Crippen LogP contribution in [0.3, 0.4) is 0 Å². The Bertz CT molecular complexity index is 761. The highest BCUT2D eigenvalue weighted by molar-refractivity contribution is 5.71. The number of rotatable bonds is 12. The second kappa shape index (κ2) is 12.2. The summed E-state index contributed by atoms with van der Waals surface area (Å²) in [4.78, 5) is 12.2. The van der Waals surface area contributed by atoms with Crippen LogP contribution in [-0.2, 0) is 22.4 Å². The standard InChI is InChI=1S/C28H44O5/c1-5-6-7-10-22(29)12-13-23-24-14-20-9-8-11-27(25(20)15-21(24)16-26(23)30)32-17-28(31)33-19(4)18(2)3/h8-9,11,18-19,21-24,26,29-30H,5-7,10,12-17H2,1-4H3/t19?,21-,22-,23+,24-,26+/m0/s1. The van der Waals surface area contributed by atoms with Crippen molar-refractivity contribution in [1.29, 1.82) is 0 Å². The van der Waals surface area contributed by atoms with Gasteiger partial charge in [-0.1, -0.05) is 52.2 Å².